The first-order valence-corrected chi connectivity index (χ1v) is 5.02. The number of halogens is 3. The van der Waals surface area contributed by atoms with E-state index in [9.17, 15) is 8.78 Å². The molecule has 0 amide bonds. The van der Waals surface area contributed by atoms with Crippen LogP contribution in [0.5, 0.6) is 5.75 Å². The SMILES string of the molecule is CC(=Cc1cc(Cl)ccc1OC(F)F)CN. The molecule has 0 aliphatic rings. The molecule has 0 radical (unpaired) electrons. The van der Waals surface area contributed by atoms with Gasteiger partial charge in [0.25, 0.3) is 0 Å². The summed E-state index contributed by atoms with van der Waals surface area (Å²) in [5, 5.41) is 0.456. The number of rotatable bonds is 4. The Balaban J connectivity index is 3.08. The number of hydrogen-bond acceptors (Lipinski definition) is 2. The van der Waals surface area contributed by atoms with Crippen molar-refractivity contribution in [1.29, 1.82) is 0 Å². The molecule has 0 spiro atoms. The van der Waals surface area contributed by atoms with Crippen molar-refractivity contribution in [2.75, 3.05) is 6.54 Å². The molecule has 1 aromatic carbocycles. The number of nitrogens with two attached hydrogens (primary N) is 1. The summed E-state index contributed by atoms with van der Waals surface area (Å²) in [6.07, 6.45) is 1.67. The Labute approximate surface area is 97.7 Å². The first-order valence-electron chi connectivity index (χ1n) is 4.64. The average molecular weight is 248 g/mol. The van der Waals surface area contributed by atoms with E-state index >= 15 is 0 Å². The number of hydrogen-bond donors (Lipinski definition) is 1. The maximum Gasteiger partial charge on any atom is 0.387 e. The molecule has 0 atom stereocenters. The normalized spacial score (nSPS) is 12.0. The molecule has 0 saturated heterocycles. The standard InChI is InChI=1S/C11H12ClF2NO/c1-7(6-15)4-8-5-9(12)2-3-10(8)16-11(13)14/h2-5,11H,6,15H2,1H3. The fourth-order valence-corrected chi connectivity index (χ4v) is 1.34. The van der Waals surface area contributed by atoms with Crippen LogP contribution in [0.25, 0.3) is 6.08 Å². The van der Waals surface area contributed by atoms with Crippen LogP contribution in [0.4, 0.5) is 8.78 Å². The summed E-state index contributed by atoms with van der Waals surface area (Å²) in [6, 6.07) is 4.46. The Morgan fingerprint density at radius 1 is 1.56 bits per heavy atom. The lowest BCUT2D eigenvalue weighted by molar-refractivity contribution is -0.0499. The van der Waals surface area contributed by atoms with Crippen LogP contribution in [0, 0.1) is 0 Å². The van der Waals surface area contributed by atoms with E-state index in [4.69, 9.17) is 17.3 Å². The van der Waals surface area contributed by atoms with Gasteiger partial charge in [0, 0.05) is 17.1 Å². The van der Waals surface area contributed by atoms with Crippen LogP contribution in [0.3, 0.4) is 0 Å². The second kappa shape index (κ2) is 5.82. The van der Waals surface area contributed by atoms with Gasteiger partial charge in [-0.3, -0.25) is 0 Å². The van der Waals surface area contributed by atoms with Crippen LogP contribution in [-0.2, 0) is 0 Å². The zero-order valence-corrected chi connectivity index (χ0v) is 9.47. The molecule has 1 rings (SSSR count). The van der Waals surface area contributed by atoms with Gasteiger partial charge in [-0.2, -0.15) is 8.78 Å². The minimum Gasteiger partial charge on any atom is -0.434 e. The summed E-state index contributed by atoms with van der Waals surface area (Å²) >= 11 is 5.78. The highest BCUT2D eigenvalue weighted by molar-refractivity contribution is 6.30. The third kappa shape index (κ3) is 3.79. The maximum atomic E-state index is 12.1. The highest BCUT2D eigenvalue weighted by Gasteiger charge is 2.08. The van der Waals surface area contributed by atoms with E-state index in [1.54, 1.807) is 19.1 Å². The van der Waals surface area contributed by atoms with E-state index < -0.39 is 6.61 Å². The van der Waals surface area contributed by atoms with Crippen molar-refractivity contribution in [3.8, 4) is 5.75 Å². The summed E-state index contributed by atoms with van der Waals surface area (Å²) < 4.78 is 28.6. The molecular formula is C11H12ClF2NO. The second-order valence-corrected chi connectivity index (χ2v) is 3.69. The van der Waals surface area contributed by atoms with Gasteiger partial charge in [-0.1, -0.05) is 23.3 Å². The molecule has 88 valence electrons. The van der Waals surface area contributed by atoms with Gasteiger partial charge in [-0.15, -0.1) is 0 Å². The average Bonchev–Trinajstić information content (AvgIpc) is 2.21. The van der Waals surface area contributed by atoms with E-state index in [1.807, 2.05) is 0 Å². The second-order valence-electron chi connectivity index (χ2n) is 3.26. The lowest BCUT2D eigenvalue weighted by Gasteiger charge is -2.09. The summed E-state index contributed by atoms with van der Waals surface area (Å²) in [5.41, 5.74) is 6.76. The fourth-order valence-electron chi connectivity index (χ4n) is 1.16. The Morgan fingerprint density at radius 3 is 2.81 bits per heavy atom. The summed E-state index contributed by atoms with van der Waals surface area (Å²) in [7, 11) is 0. The highest BCUT2D eigenvalue weighted by Crippen LogP contribution is 2.26. The molecule has 16 heavy (non-hydrogen) atoms. The number of benzene rings is 1. The lowest BCUT2D eigenvalue weighted by atomic mass is 10.1. The third-order valence-corrected chi connectivity index (χ3v) is 2.15. The van der Waals surface area contributed by atoms with Crippen molar-refractivity contribution in [2.45, 2.75) is 13.5 Å². The molecule has 0 aliphatic heterocycles. The van der Waals surface area contributed by atoms with Crippen molar-refractivity contribution in [1.82, 2.24) is 0 Å². The van der Waals surface area contributed by atoms with Crippen LogP contribution < -0.4 is 10.5 Å². The van der Waals surface area contributed by atoms with Crippen molar-refractivity contribution >= 4 is 17.7 Å². The van der Waals surface area contributed by atoms with Crippen molar-refractivity contribution in [2.24, 2.45) is 5.73 Å². The van der Waals surface area contributed by atoms with Crippen LogP contribution in [-0.4, -0.2) is 13.2 Å². The molecule has 2 nitrogen and oxygen atoms in total. The lowest BCUT2D eigenvalue weighted by Crippen LogP contribution is -2.04. The summed E-state index contributed by atoms with van der Waals surface area (Å²) in [5.74, 6) is 0.0900. The van der Waals surface area contributed by atoms with Gasteiger partial charge in [0.05, 0.1) is 0 Å². The molecule has 0 aromatic heterocycles. The molecule has 5 heteroatoms. The minimum absolute atomic E-state index is 0.0900. The quantitative estimate of drug-likeness (QED) is 0.886. The van der Waals surface area contributed by atoms with Crippen molar-refractivity contribution in [3.63, 3.8) is 0 Å². The topological polar surface area (TPSA) is 35.2 Å². The Kier molecular flexibility index (Phi) is 4.71. The van der Waals surface area contributed by atoms with E-state index in [0.29, 0.717) is 17.1 Å². The van der Waals surface area contributed by atoms with E-state index in [0.717, 1.165) is 5.57 Å². The summed E-state index contributed by atoms with van der Waals surface area (Å²) in [4.78, 5) is 0. The van der Waals surface area contributed by atoms with E-state index in [1.165, 1.54) is 12.1 Å². The third-order valence-electron chi connectivity index (χ3n) is 1.91. The van der Waals surface area contributed by atoms with Crippen molar-refractivity contribution in [3.05, 3.63) is 34.4 Å². The first-order chi connectivity index (χ1) is 7.52. The number of ether oxygens (including phenoxy) is 1. The molecule has 0 heterocycles. The van der Waals surface area contributed by atoms with Crippen LogP contribution in [0.2, 0.25) is 5.02 Å². The van der Waals surface area contributed by atoms with Crippen LogP contribution >= 0.6 is 11.6 Å². The smallest absolute Gasteiger partial charge is 0.387 e. The fraction of sp³-hybridized carbons (Fsp3) is 0.273. The molecule has 0 unspecified atom stereocenters. The monoisotopic (exact) mass is 247 g/mol. The molecule has 1 aromatic rings. The zero-order chi connectivity index (χ0) is 12.1. The minimum atomic E-state index is -2.86. The van der Waals surface area contributed by atoms with Gasteiger partial charge < -0.3 is 10.5 Å². The van der Waals surface area contributed by atoms with Gasteiger partial charge >= 0.3 is 6.61 Å². The molecule has 0 saturated carbocycles. The summed E-state index contributed by atoms with van der Waals surface area (Å²) in [6.45, 7) is -0.709. The number of alkyl halides is 2. The van der Waals surface area contributed by atoms with E-state index in [2.05, 4.69) is 4.74 Å². The van der Waals surface area contributed by atoms with Gasteiger partial charge in [0.2, 0.25) is 0 Å². The molecule has 0 bridgehead atoms. The van der Waals surface area contributed by atoms with Gasteiger partial charge in [-0.05, 0) is 25.1 Å². The highest BCUT2D eigenvalue weighted by atomic mass is 35.5. The predicted molar refractivity (Wildman–Crippen MR) is 60.8 cm³/mol. The Bertz CT molecular complexity index is 394. The maximum absolute atomic E-state index is 12.1. The molecule has 0 aliphatic carbocycles. The van der Waals surface area contributed by atoms with Gasteiger partial charge in [0.15, 0.2) is 0 Å². The zero-order valence-electron chi connectivity index (χ0n) is 8.71. The Morgan fingerprint density at radius 2 is 2.25 bits per heavy atom. The molecule has 2 N–H and O–H groups in total. The van der Waals surface area contributed by atoms with Gasteiger partial charge in [-0.25, -0.2) is 0 Å². The Hall–Kier alpha value is -1.13. The van der Waals surface area contributed by atoms with Crippen LogP contribution in [0.1, 0.15) is 12.5 Å². The predicted octanol–water partition coefficient (Wildman–Crippen LogP) is 3.30. The largest absolute Gasteiger partial charge is 0.434 e. The van der Waals surface area contributed by atoms with E-state index in [-0.39, 0.29) is 5.75 Å². The van der Waals surface area contributed by atoms with Gasteiger partial charge in [0.1, 0.15) is 5.75 Å². The van der Waals surface area contributed by atoms with Crippen molar-refractivity contribution < 1.29 is 13.5 Å². The molecular weight excluding hydrogens is 236 g/mol. The van der Waals surface area contributed by atoms with Crippen LogP contribution in [0.15, 0.2) is 23.8 Å². The first kappa shape index (κ1) is 12.9. The molecule has 0 fully saturated rings.